The van der Waals surface area contributed by atoms with Gasteiger partial charge in [-0.3, -0.25) is 9.71 Å². The quantitative estimate of drug-likeness (QED) is 0.324. The number of sulfonamides is 1. The van der Waals surface area contributed by atoms with Gasteiger partial charge in [-0.25, -0.2) is 8.42 Å². The van der Waals surface area contributed by atoms with E-state index in [4.69, 9.17) is 14.2 Å². The molecule has 1 aromatic heterocycles. The van der Waals surface area contributed by atoms with E-state index in [-0.39, 0.29) is 16.3 Å². The minimum atomic E-state index is -4.00. The summed E-state index contributed by atoms with van der Waals surface area (Å²) in [5.41, 5.74) is 0.348. The van der Waals surface area contributed by atoms with Crippen molar-refractivity contribution in [2.24, 2.45) is 0 Å². The van der Waals surface area contributed by atoms with Crippen molar-refractivity contribution in [1.29, 1.82) is 0 Å². The molecular weight excluding hydrogens is 566 g/mol. The van der Waals surface area contributed by atoms with Gasteiger partial charge in [0.2, 0.25) is 0 Å². The lowest BCUT2D eigenvalue weighted by molar-refractivity contribution is 0.00377. The number of nitrogens with one attached hydrogen (secondary N) is 1. The van der Waals surface area contributed by atoms with E-state index in [0.717, 1.165) is 45.2 Å². The number of halogens is 2. The Morgan fingerprint density at radius 3 is 2.48 bits per heavy atom. The first-order valence-corrected chi connectivity index (χ1v) is 15.2. The number of nitrogens with zero attached hydrogens (tertiary/aromatic N) is 3. The van der Waals surface area contributed by atoms with Crippen LogP contribution < -0.4 is 18.9 Å². The lowest BCUT2D eigenvalue weighted by Gasteiger charge is -2.32. The highest BCUT2D eigenvalue weighted by atomic mass is 32.2. The van der Waals surface area contributed by atoms with Crippen molar-refractivity contribution in [2.75, 3.05) is 53.5 Å². The highest BCUT2D eigenvalue weighted by molar-refractivity contribution is 7.89. The molecule has 5 rings (SSSR count). The summed E-state index contributed by atoms with van der Waals surface area (Å²) in [6, 6.07) is 12.4. The summed E-state index contributed by atoms with van der Waals surface area (Å²) in [6.45, 7) is 5.63. The third kappa shape index (κ3) is 7.00. The van der Waals surface area contributed by atoms with E-state index >= 15 is 8.78 Å². The number of hydrogen-bond donors (Lipinski definition) is 1. The van der Waals surface area contributed by atoms with Crippen LogP contribution in [0.3, 0.4) is 0 Å². The number of benzene rings is 2. The second kappa shape index (κ2) is 12.6. The van der Waals surface area contributed by atoms with Gasteiger partial charge in [0.25, 0.3) is 10.0 Å². The molecular formula is C30H34F2N4O5S. The van der Waals surface area contributed by atoms with Crippen LogP contribution >= 0.6 is 0 Å². The SMILES string of the molecule is COc1cc2c(OC3=CC=C(NS(=O)(=O)c4ccccc4)CC3(F)F)ccnc2cc1OCCCN1CCN(C)CC1. The summed E-state index contributed by atoms with van der Waals surface area (Å²) in [4.78, 5) is 9.08. The van der Waals surface area contributed by atoms with Crippen LogP contribution in [0.5, 0.6) is 17.2 Å². The first-order valence-electron chi connectivity index (χ1n) is 13.7. The van der Waals surface area contributed by atoms with Crippen LogP contribution in [-0.2, 0) is 10.0 Å². The molecule has 2 aliphatic rings. The van der Waals surface area contributed by atoms with Crippen LogP contribution in [0.1, 0.15) is 12.8 Å². The Morgan fingerprint density at radius 2 is 1.76 bits per heavy atom. The van der Waals surface area contributed by atoms with Gasteiger partial charge in [-0.2, -0.15) is 8.78 Å². The summed E-state index contributed by atoms with van der Waals surface area (Å²) < 4.78 is 75.1. The number of alkyl halides is 2. The number of pyridine rings is 1. The smallest absolute Gasteiger partial charge is 0.310 e. The monoisotopic (exact) mass is 600 g/mol. The van der Waals surface area contributed by atoms with Crippen LogP contribution in [0.25, 0.3) is 10.9 Å². The molecule has 9 nitrogen and oxygen atoms in total. The van der Waals surface area contributed by atoms with E-state index in [0.29, 0.717) is 29.0 Å². The van der Waals surface area contributed by atoms with Crippen molar-refractivity contribution in [1.82, 2.24) is 19.5 Å². The van der Waals surface area contributed by atoms with Crippen molar-refractivity contribution < 1.29 is 31.4 Å². The number of rotatable bonds is 11. The molecule has 0 saturated carbocycles. The molecule has 0 unspecified atom stereocenters. The summed E-state index contributed by atoms with van der Waals surface area (Å²) in [5, 5.41) is 0.468. The number of ether oxygens (including phenoxy) is 3. The van der Waals surface area contributed by atoms with Gasteiger partial charge in [0, 0.05) is 56.1 Å². The largest absolute Gasteiger partial charge is 0.493 e. The normalized spacial score (nSPS) is 17.8. The molecule has 0 atom stereocenters. The van der Waals surface area contributed by atoms with Gasteiger partial charge in [-0.1, -0.05) is 18.2 Å². The molecule has 2 heterocycles. The summed E-state index contributed by atoms with van der Waals surface area (Å²) in [6.07, 6.45) is 3.81. The van der Waals surface area contributed by atoms with E-state index in [1.54, 1.807) is 30.3 Å². The number of allylic oxidation sites excluding steroid dienone is 4. The maximum Gasteiger partial charge on any atom is 0.310 e. The average molecular weight is 601 g/mol. The Bertz CT molecular complexity index is 1570. The fraction of sp³-hybridized carbons (Fsp3) is 0.367. The van der Waals surface area contributed by atoms with E-state index < -0.39 is 28.1 Å². The van der Waals surface area contributed by atoms with Gasteiger partial charge in [-0.15, -0.1) is 0 Å². The van der Waals surface area contributed by atoms with Crippen LogP contribution in [0.4, 0.5) is 8.78 Å². The molecule has 12 heteroatoms. The second-order valence-corrected chi connectivity index (χ2v) is 12.0. The molecule has 42 heavy (non-hydrogen) atoms. The van der Waals surface area contributed by atoms with Crippen LogP contribution in [0.2, 0.25) is 0 Å². The predicted molar refractivity (Wildman–Crippen MR) is 155 cm³/mol. The molecule has 0 amide bonds. The van der Waals surface area contributed by atoms with Gasteiger partial charge in [0.1, 0.15) is 5.75 Å². The Balaban J connectivity index is 1.29. The number of hydrogen-bond acceptors (Lipinski definition) is 8. The molecule has 224 valence electrons. The molecule has 1 N–H and O–H groups in total. The highest BCUT2D eigenvalue weighted by Gasteiger charge is 2.40. The standard InChI is InChI=1S/C30H34F2N4O5S/c1-35-14-16-36(17-15-35)13-6-18-40-28-20-25-24(19-27(28)39-2)26(11-12-33-25)41-29-10-9-22(21-30(29,31)32)34-42(37,38)23-7-4-3-5-8-23/h3-5,7-12,19-20,34H,6,13-18,21H2,1-2H3. The van der Waals surface area contributed by atoms with Gasteiger partial charge in [-0.05, 0) is 49.9 Å². The Hall–Kier alpha value is -3.74. The molecule has 1 aliphatic heterocycles. The first-order chi connectivity index (χ1) is 20.1. The number of piperazine rings is 1. The van der Waals surface area contributed by atoms with E-state index in [1.807, 2.05) is 0 Å². The van der Waals surface area contributed by atoms with Crippen molar-refractivity contribution in [3.8, 4) is 17.2 Å². The van der Waals surface area contributed by atoms with Crippen molar-refractivity contribution in [2.45, 2.75) is 23.7 Å². The third-order valence-corrected chi connectivity index (χ3v) is 8.63. The minimum absolute atomic E-state index is 0.0178. The molecule has 1 fully saturated rings. The van der Waals surface area contributed by atoms with Gasteiger partial charge in [0.05, 0.1) is 30.5 Å². The van der Waals surface area contributed by atoms with Crippen molar-refractivity contribution in [3.05, 3.63) is 78.3 Å². The Morgan fingerprint density at radius 1 is 1.00 bits per heavy atom. The predicted octanol–water partition coefficient (Wildman–Crippen LogP) is 4.42. The zero-order valence-corrected chi connectivity index (χ0v) is 24.4. The summed E-state index contributed by atoms with van der Waals surface area (Å²) >= 11 is 0. The molecule has 0 bridgehead atoms. The van der Waals surface area contributed by atoms with Gasteiger partial charge >= 0.3 is 5.92 Å². The lowest BCUT2D eigenvalue weighted by atomic mass is 10.1. The van der Waals surface area contributed by atoms with Crippen molar-refractivity contribution in [3.63, 3.8) is 0 Å². The van der Waals surface area contributed by atoms with Gasteiger partial charge in [0.15, 0.2) is 17.3 Å². The van der Waals surface area contributed by atoms with Crippen LogP contribution in [-0.4, -0.2) is 82.6 Å². The fourth-order valence-electron chi connectivity index (χ4n) is 4.84. The molecule has 3 aromatic rings. The van der Waals surface area contributed by atoms with E-state index in [2.05, 4.69) is 26.6 Å². The number of likely N-dealkylation sites (N-methyl/N-ethyl adjacent to an activating group) is 1. The average Bonchev–Trinajstić information content (AvgIpc) is 2.97. The zero-order chi connectivity index (χ0) is 29.7. The highest BCUT2D eigenvalue weighted by Crippen LogP contribution is 2.40. The van der Waals surface area contributed by atoms with Gasteiger partial charge < -0.3 is 24.0 Å². The first kappa shape index (κ1) is 29.7. The summed E-state index contributed by atoms with van der Waals surface area (Å²) in [5.74, 6) is -2.97. The minimum Gasteiger partial charge on any atom is -0.493 e. The van der Waals surface area contributed by atoms with Crippen LogP contribution in [0, 0.1) is 0 Å². The number of aromatic nitrogens is 1. The molecule has 2 aromatic carbocycles. The molecule has 1 saturated heterocycles. The van der Waals surface area contributed by atoms with Crippen molar-refractivity contribution >= 4 is 20.9 Å². The summed E-state index contributed by atoms with van der Waals surface area (Å²) in [7, 11) is -0.367. The van der Waals surface area contributed by atoms with Crippen LogP contribution in [0.15, 0.2) is 83.2 Å². The maximum absolute atomic E-state index is 15.2. The van der Waals surface area contributed by atoms with E-state index in [9.17, 15) is 8.42 Å². The third-order valence-electron chi connectivity index (χ3n) is 7.21. The topological polar surface area (TPSA) is 93.2 Å². The van der Waals surface area contributed by atoms with E-state index in [1.165, 1.54) is 37.6 Å². The fourth-order valence-corrected chi connectivity index (χ4v) is 5.96. The molecule has 0 spiro atoms. The lowest BCUT2D eigenvalue weighted by Crippen LogP contribution is -2.44. The maximum atomic E-state index is 15.2. The zero-order valence-electron chi connectivity index (χ0n) is 23.6. The molecule has 1 aliphatic carbocycles. The number of fused-ring (bicyclic) bond motifs is 1. The second-order valence-electron chi connectivity index (χ2n) is 10.3. The molecule has 0 radical (unpaired) electrons. The Labute approximate surface area is 244 Å². The number of methoxy groups -OCH3 is 1. The Kier molecular flexibility index (Phi) is 8.95.